The summed E-state index contributed by atoms with van der Waals surface area (Å²) in [6.45, 7) is -0.209. The summed E-state index contributed by atoms with van der Waals surface area (Å²) in [5, 5.41) is 0. The van der Waals surface area contributed by atoms with E-state index in [0.717, 1.165) is 12.5 Å². The summed E-state index contributed by atoms with van der Waals surface area (Å²) in [7, 11) is -3.50. The molecule has 4 nitrogen and oxygen atoms in total. The van der Waals surface area contributed by atoms with E-state index >= 15 is 0 Å². The smallest absolute Gasteiger partial charge is 0.264 e. The molecule has 0 atom stereocenters. The third kappa shape index (κ3) is 3.69. The molecule has 0 unspecified atom stereocenters. The number of nitrogens with zero attached hydrogens (tertiary/aromatic N) is 1. The van der Waals surface area contributed by atoms with Crippen molar-refractivity contribution in [1.29, 1.82) is 0 Å². The largest absolute Gasteiger partial charge is 0.264 e. The van der Waals surface area contributed by atoms with Gasteiger partial charge in [0.05, 0.1) is 18.1 Å². The topological polar surface area (TPSA) is 56.3 Å². The van der Waals surface area contributed by atoms with Gasteiger partial charge in [0.15, 0.2) is 0 Å². The van der Waals surface area contributed by atoms with Crippen molar-refractivity contribution in [3.05, 3.63) is 28.2 Å². The van der Waals surface area contributed by atoms with Gasteiger partial charge in [-0.05, 0) is 22.0 Å². The highest BCUT2D eigenvalue weighted by Crippen LogP contribution is 2.16. The van der Waals surface area contributed by atoms with Crippen LogP contribution < -0.4 is 0 Å². The van der Waals surface area contributed by atoms with Gasteiger partial charge >= 0.3 is 0 Å². The third-order valence-electron chi connectivity index (χ3n) is 1.29. The fourth-order valence-electron chi connectivity index (χ4n) is 0.712. The van der Waals surface area contributed by atoms with Crippen LogP contribution in [0.2, 0.25) is 0 Å². The summed E-state index contributed by atoms with van der Waals surface area (Å²) in [6.07, 6.45) is 1.93. The Bertz CT molecular complexity index is 435. The summed E-state index contributed by atoms with van der Waals surface area (Å²) in [4.78, 5) is 3.67. The number of aromatic nitrogens is 1. The molecule has 14 heavy (non-hydrogen) atoms. The second-order valence-electron chi connectivity index (χ2n) is 2.55. The minimum absolute atomic E-state index is 0.209. The van der Waals surface area contributed by atoms with Crippen LogP contribution >= 0.6 is 15.9 Å². The summed E-state index contributed by atoms with van der Waals surface area (Å²) < 4.78 is 38.7. The summed E-state index contributed by atoms with van der Waals surface area (Å²) in [6, 6.07) is 1.19. The fraction of sp³-hybridized carbons (Fsp3) is 0.286. The Morgan fingerprint density at radius 2 is 2.29 bits per heavy atom. The molecule has 0 aliphatic carbocycles. The molecule has 0 fully saturated rings. The SMILES string of the molecule is CS(=O)(=O)OCc1ncc(F)cc1Br. The number of rotatable bonds is 3. The normalized spacial score (nSPS) is 11.6. The van der Waals surface area contributed by atoms with Gasteiger partial charge in [-0.1, -0.05) is 0 Å². The predicted octanol–water partition coefficient (Wildman–Crippen LogP) is 1.46. The molecule has 1 aromatic heterocycles. The Hall–Kier alpha value is -0.530. The zero-order valence-electron chi connectivity index (χ0n) is 7.20. The van der Waals surface area contributed by atoms with Crippen LogP contribution in [0, 0.1) is 5.82 Å². The average Bonchev–Trinajstić information content (AvgIpc) is 2.00. The van der Waals surface area contributed by atoms with E-state index in [0.29, 0.717) is 10.2 Å². The Morgan fingerprint density at radius 3 is 2.79 bits per heavy atom. The summed E-state index contributed by atoms with van der Waals surface area (Å²) in [5.41, 5.74) is 0.330. The van der Waals surface area contributed by atoms with Crippen LogP contribution in [0.1, 0.15) is 5.69 Å². The van der Waals surface area contributed by atoms with Crippen molar-refractivity contribution in [2.24, 2.45) is 0 Å². The average molecular weight is 284 g/mol. The van der Waals surface area contributed by atoms with Gasteiger partial charge in [-0.15, -0.1) is 0 Å². The first-order valence-electron chi connectivity index (χ1n) is 3.53. The second-order valence-corrected chi connectivity index (χ2v) is 5.05. The Labute approximate surface area is 89.4 Å². The molecule has 78 valence electrons. The van der Waals surface area contributed by atoms with Crippen molar-refractivity contribution in [2.75, 3.05) is 6.26 Å². The first-order chi connectivity index (χ1) is 6.38. The van der Waals surface area contributed by atoms with Gasteiger partial charge < -0.3 is 0 Å². The van der Waals surface area contributed by atoms with Gasteiger partial charge in [0.2, 0.25) is 0 Å². The zero-order chi connectivity index (χ0) is 10.8. The van der Waals surface area contributed by atoms with E-state index in [4.69, 9.17) is 0 Å². The van der Waals surface area contributed by atoms with Crippen LogP contribution in [-0.2, 0) is 20.9 Å². The molecule has 0 amide bonds. The summed E-state index contributed by atoms with van der Waals surface area (Å²) >= 11 is 3.04. The molecule has 1 aromatic rings. The van der Waals surface area contributed by atoms with E-state index in [9.17, 15) is 12.8 Å². The van der Waals surface area contributed by atoms with Gasteiger partial charge in [0.25, 0.3) is 10.1 Å². The lowest BCUT2D eigenvalue weighted by Gasteiger charge is -2.02. The van der Waals surface area contributed by atoms with Crippen LogP contribution in [0.25, 0.3) is 0 Å². The van der Waals surface area contributed by atoms with Crippen molar-refractivity contribution < 1.29 is 17.0 Å². The highest BCUT2D eigenvalue weighted by atomic mass is 79.9. The minimum Gasteiger partial charge on any atom is -0.264 e. The molecule has 0 saturated carbocycles. The molecule has 0 aliphatic rings. The van der Waals surface area contributed by atoms with Gasteiger partial charge in [0.1, 0.15) is 12.4 Å². The van der Waals surface area contributed by atoms with Crippen LogP contribution in [0.15, 0.2) is 16.7 Å². The van der Waals surface area contributed by atoms with Gasteiger partial charge in [-0.3, -0.25) is 9.17 Å². The van der Waals surface area contributed by atoms with Crippen molar-refractivity contribution in [3.63, 3.8) is 0 Å². The van der Waals surface area contributed by atoms with E-state index in [-0.39, 0.29) is 6.61 Å². The molecular weight excluding hydrogens is 277 g/mol. The van der Waals surface area contributed by atoms with Crippen LogP contribution in [-0.4, -0.2) is 19.7 Å². The van der Waals surface area contributed by atoms with Crippen molar-refractivity contribution in [3.8, 4) is 0 Å². The molecule has 1 heterocycles. The number of hydrogen-bond acceptors (Lipinski definition) is 4. The fourth-order valence-corrected chi connectivity index (χ4v) is 1.47. The molecular formula is C7H7BrFNO3S. The first-order valence-corrected chi connectivity index (χ1v) is 6.14. The van der Waals surface area contributed by atoms with E-state index in [1.165, 1.54) is 6.07 Å². The van der Waals surface area contributed by atoms with Crippen LogP contribution in [0.3, 0.4) is 0 Å². The van der Waals surface area contributed by atoms with Crippen molar-refractivity contribution >= 4 is 26.0 Å². The van der Waals surface area contributed by atoms with Crippen LogP contribution in [0.5, 0.6) is 0 Å². The number of halogens is 2. The molecule has 7 heteroatoms. The number of pyridine rings is 1. The van der Waals surface area contributed by atoms with E-state index in [1.54, 1.807) is 0 Å². The highest BCUT2D eigenvalue weighted by Gasteiger charge is 2.07. The zero-order valence-corrected chi connectivity index (χ0v) is 9.60. The second kappa shape index (κ2) is 4.33. The lowest BCUT2D eigenvalue weighted by molar-refractivity contribution is 0.306. The molecule has 0 spiro atoms. The van der Waals surface area contributed by atoms with Gasteiger partial charge in [-0.2, -0.15) is 8.42 Å². The lowest BCUT2D eigenvalue weighted by atomic mass is 10.4. The molecule has 1 rings (SSSR count). The van der Waals surface area contributed by atoms with E-state index in [1.807, 2.05) is 0 Å². The molecule has 0 aromatic carbocycles. The maximum atomic E-state index is 12.6. The molecule has 0 saturated heterocycles. The lowest BCUT2D eigenvalue weighted by Crippen LogP contribution is -2.04. The predicted molar refractivity (Wildman–Crippen MR) is 51.5 cm³/mol. The maximum Gasteiger partial charge on any atom is 0.264 e. The quantitative estimate of drug-likeness (QED) is 0.788. The maximum absolute atomic E-state index is 12.6. The minimum atomic E-state index is -3.50. The standard InChI is InChI=1S/C7H7BrFNO3S/c1-14(11,12)13-4-7-6(8)2-5(9)3-10-7/h2-3H,4H2,1H3. The Kier molecular flexibility index (Phi) is 3.57. The molecule has 0 aliphatic heterocycles. The van der Waals surface area contributed by atoms with Gasteiger partial charge in [0, 0.05) is 4.47 Å². The van der Waals surface area contributed by atoms with Crippen molar-refractivity contribution in [1.82, 2.24) is 4.98 Å². The van der Waals surface area contributed by atoms with Gasteiger partial charge in [-0.25, -0.2) is 4.39 Å². The van der Waals surface area contributed by atoms with Crippen molar-refractivity contribution in [2.45, 2.75) is 6.61 Å². The molecule has 0 bridgehead atoms. The van der Waals surface area contributed by atoms with E-state index in [2.05, 4.69) is 25.1 Å². The molecule has 0 N–H and O–H groups in total. The monoisotopic (exact) mass is 283 g/mol. The van der Waals surface area contributed by atoms with Crippen LogP contribution in [0.4, 0.5) is 4.39 Å². The highest BCUT2D eigenvalue weighted by molar-refractivity contribution is 9.10. The van der Waals surface area contributed by atoms with E-state index < -0.39 is 15.9 Å². The summed E-state index contributed by atoms with van der Waals surface area (Å²) in [5.74, 6) is -0.500. The Balaban J connectivity index is 2.78. The Morgan fingerprint density at radius 1 is 1.64 bits per heavy atom. The first kappa shape index (κ1) is 11.5. The molecule has 0 radical (unpaired) electrons. The third-order valence-corrected chi connectivity index (χ3v) is 2.53. The number of hydrogen-bond donors (Lipinski definition) is 0.